The second-order valence-electron chi connectivity index (χ2n) is 3.61. The summed E-state index contributed by atoms with van der Waals surface area (Å²) in [6.07, 6.45) is 1.12. The summed E-state index contributed by atoms with van der Waals surface area (Å²) in [5, 5.41) is 7.97. The molecule has 2 heterocycles. The van der Waals surface area contributed by atoms with E-state index in [9.17, 15) is 17.6 Å². The zero-order chi connectivity index (χ0) is 14.8. The Labute approximate surface area is 113 Å². The van der Waals surface area contributed by atoms with Crippen LogP contribution < -0.4 is 4.72 Å². The Hall–Kier alpha value is -2.55. The van der Waals surface area contributed by atoms with Gasteiger partial charge in [0.05, 0.1) is 0 Å². The second-order valence-corrected chi connectivity index (χ2v) is 5.21. The number of carboxylic acid groups (broad SMARTS) is 1. The minimum absolute atomic E-state index is 0.241. The number of nitrogens with one attached hydrogen (secondary N) is 1. The summed E-state index contributed by atoms with van der Waals surface area (Å²) < 4.78 is 39.2. The van der Waals surface area contributed by atoms with E-state index in [1.165, 1.54) is 24.3 Å². The molecule has 0 bridgehead atoms. The lowest BCUT2D eigenvalue weighted by molar-refractivity contribution is 0.0690. The first-order valence-corrected chi connectivity index (χ1v) is 6.72. The number of aromatic carboxylic acids is 1. The zero-order valence-corrected chi connectivity index (χ0v) is 10.6. The summed E-state index contributed by atoms with van der Waals surface area (Å²) in [5.41, 5.74) is -0.341. The molecular weight excluding hydrogens is 289 g/mol. The molecule has 0 aliphatic rings. The van der Waals surface area contributed by atoms with Crippen LogP contribution in [0.5, 0.6) is 0 Å². The third-order valence-corrected chi connectivity index (χ3v) is 3.47. The third kappa shape index (κ3) is 2.88. The van der Waals surface area contributed by atoms with Gasteiger partial charge in [-0.05, 0) is 24.3 Å². The van der Waals surface area contributed by atoms with Crippen molar-refractivity contribution in [3.8, 4) is 0 Å². The van der Waals surface area contributed by atoms with Crippen LogP contribution in [0.2, 0.25) is 0 Å². The van der Waals surface area contributed by atoms with Gasteiger partial charge in [-0.3, -0.25) is 4.72 Å². The minimum Gasteiger partial charge on any atom is -0.477 e. The van der Waals surface area contributed by atoms with E-state index in [0.29, 0.717) is 0 Å². The largest absolute Gasteiger partial charge is 0.477 e. The predicted octanol–water partition coefficient (Wildman–Crippen LogP) is 1.11. The van der Waals surface area contributed by atoms with Crippen LogP contribution in [0.1, 0.15) is 10.5 Å². The molecule has 0 aliphatic heterocycles. The van der Waals surface area contributed by atoms with Gasteiger partial charge in [0, 0.05) is 6.20 Å². The van der Waals surface area contributed by atoms with Crippen LogP contribution in [0, 0.1) is 5.82 Å². The Morgan fingerprint density at radius 1 is 1.25 bits per heavy atom. The van der Waals surface area contributed by atoms with Gasteiger partial charge in [0.2, 0.25) is 5.03 Å². The van der Waals surface area contributed by atoms with Crippen LogP contribution in [0.4, 0.5) is 10.2 Å². The molecule has 0 aliphatic carbocycles. The van der Waals surface area contributed by atoms with Crippen LogP contribution in [0.25, 0.3) is 0 Å². The van der Waals surface area contributed by atoms with E-state index >= 15 is 0 Å². The van der Waals surface area contributed by atoms with Gasteiger partial charge in [-0.25, -0.2) is 19.2 Å². The van der Waals surface area contributed by atoms with Crippen LogP contribution >= 0.6 is 0 Å². The number of pyridine rings is 2. The lowest BCUT2D eigenvalue weighted by Gasteiger charge is -2.07. The van der Waals surface area contributed by atoms with E-state index in [4.69, 9.17) is 5.11 Å². The van der Waals surface area contributed by atoms with E-state index in [1.54, 1.807) is 0 Å². The highest BCUT2D eigenvalue weighted by Crippen LogP contribution is 2.15. The molecule has 0 spiro atoms. The minimum atomic E-state index is -4.28. The molecule has 7 nitrogen and oxygen atoms in total. The van der Waals surface area contributed by atoms with Gasteiger partial charge in [-0.1, -0.05) is 6.07 Å². The number of anilines is 1. The molecule has 9 heteroatoms. The number of hydrogen-bond donors (Lipinski definition) is 2. The van der Waals surface area contributed by atoms with Crippen molar-refractivity contribution in [1.29, 1.82) is 0 Å². The van der Waals surface area contributed by atoms with Gasteiger partial charge in [-0.15, -0.1) is 0 Å². The Bertz CT molecular complexity index is 764. The fourth-order valence-corrected chi connectivity index (χ4v) is 2.38. The molecule has 0 aromatic carbocycles. The van der Waals surface area contributed by atoms with Gasteiger partial charge in [0.15, 0.2) is 11.5 Å². The Kier molecular flexibility index (Phi) is 3.61. The number of nitrogens with zero attached hydrogens (tertiary/aromatic N) is 2. The molecule has 20 heavy (non-hydrogen) atoms. The van der Waals surface area contributed by atoms with E-state index in [1.807, 2.05) is 4.72 Å². The number of carbonyl (C=O) groups is 1. The summed E-state index contributed by atoms with van der Waals surface area (Å²) in [4.78, 5) is 17.7. The van der Waals surface area contributed by atoms with Crippen molar-refractivity contribution in [2.24, 2.45) is 0 Å². The first-order chi connectivity index (χ1) is 9.40. The number of aromatic nitrogens is 2. The average molecular weight is 297 g/mol. The van der Waals surface area contributed by atoms with E-state index in [0.717, 1.165) is 12.3 Å². The van der Waals surface area contributed by atoms with Gasteiger partial charge in [0.25, 0.3) is 10.0 Å². The van der Waals surface area contributed by atoms with Crippen molar-refractivity contribution >= 4 is 21.8 Å². The lowest BCUT2D eigenvalue weighted by atomic mass is 10.3. The maximum atomic E-state index is 13.4. The number of halogens is 1. The highest BCUT2D eigenvalue weighted by molar-refractivity contribution is 7.92. The van der Waals surface area contributed by atoms with Gasteiger partial charge >= 0.3 is 5.97 Å². The van der Waals surface area contributed by atoms with Gasteiger partial charge in [-0.2, -0.15) is 8.42 Å². The molecule has 2 N–H and O–H groups in total. The summed E-state index contributed by atoms with van der Waals surface area (Å²) in [6.45, 7) is 0. The van der Waals surface area contributed by atoms with Crippen molar-refractivity contribution in [2.45, 2.75) is 5.03 Å². The first-order valence-electron chi connectivity index (χ1n) is 5.24. The molecule has 0 fully saturated rings. The molecule has 2 aromatic heterocycles. The number of sulfonamides is 1. The first kappa shape index (κ1) is 13.9. The summed E-state index contributed by atoms with van der Waals surface area (Å²) >= 11 is 0. The number of rotatable bonds is 4. The smallest absolute Gasteiger partial charge is 0.354 e. The van der Waals surface area contributed by atoms with Crippen molar-refractivity contribution in [2.75, 3.05) is 4.72 Å². The number of carboxylic acids is 1. The van der Waals surface area contributed by atoms with Crippen molar-refractivity contribution < 1.29 is 22.7 Å². The molecule has 2 aromatic rings. The van der Waals surface area contributed by atoms with Crippen LogP contribution in [0.15, 0.2) is 41.6 Å². The maximum absolute atomic E-state index is 13.4. The van der Waals surface area contributed by atoms with Gasteiger partial charge in [0.1, 0.15) is 5.82 Å². The molecule has 104 valence electrons. The second kappa shape index (κ2) is 5.21. The molecule has 0 radical (unpaired) electrons. The standard InChI is InChI=1S/C11H8FN3O4S/c12-7-3-2-6-13-10(7)20(18,19)15-9-5-1-4-8(14-9)11(16)17/h1-6H,(H,14,15)(H,16,17). The average Bonchev–Trinajstić information content (AvgIpc) is 2.38. The van der Waals surface area contributed by atoms with Crippen LogP contribution in [-0.4, -0.2) is 29.5 Å². The van der Waals surface area contributed by atoms with Crippen LogP contribution in [-0.2, 0) is 10.0 Å². The molecule has 0 saturated heterocycles. The molecule has 0 amide bonds. The molecule has 2 rings (SSSR count). The van der Waals surface area contributed by atoms with Crippen molar-refractivity contribution in [3.05, 3.63) is 48.0 Å². The highest BCUT2D eigenvalue weighted by Gasteiger charge is 2.21. The Morgan fingerprint density at radius 2 is 2.00 bits per heavy atom. The fraction of sp³-hybridized carbons (Fsp3) is 0. The van der Waals surface area contributed by atoms with Gasteiger partial charge < -0.3 is 5.11 Å². The highest BCUT2D eigenvalue weighted by atomic mass is 32.2. The van der Waals surface area contributed by atoms with E-state index in [-0.39, 0.29) is 11.5 Å². The third-order valence-electron chi connectivity index (χ3n) is 2.19. The zero-order valence-electron chi connectivity index (χ0n) is 9.82. The summed E-state index contributed by atoms with van der Waals surface area (Å²) in [7, 11) is -4.28. The Balaban J connectivity index is 2.36. The summed E-state index contributed by atoms with van der Waals surface area (Å²) in [5.74, 6) is -2.57. The summed E-state index contributed by atoms with van der Waals surface area (Å²) in [6, 6.07) is 5.94. The Morgan fingerprint density at radius 3 is 2.65 bits per heavy atom. The number of hydrogen-bond acceptors (Lipinski definition) is 5. The fourth-order valence-electron chi connectivity index (χ4n) is 1.37. The van der Waals surface area contributed by atoms with Crippen molar-refractivity contribution in [1.82, 2.24) is 9.97 Å². The monoisotopic (exact) mass is 297 g/mol. The maximum Gasteiger partial charge on any atom is 0.354 e. The van der Waals surface area contributed by atoms with Crippen LogP contribution in [0.3, 0.4) is 0 Å². The molecule has 0 saturated carbocycles. The SMILES string of the molecule is O=C(O)c1cccc(NS(=O)(=O)c2ncccc2F)n1. The molecule has 0 unspecified atom stereocenters. The van der Waals surface area contributed by atoms with Crippen molar-refractivity contribution in [3.63, 3.8) is 0 Å². The molecular formula is C11H8FN3O4S. The quantitative estimate of drug-likeness (QED) is 0.875. The topological polar surface area (TPSA) is 109 Å². The molecule has 0 atom stereocenters. The normalized spacial score (nSPS) is 11.1. The van der Waals surface area contributed by atoms with E-state index in [2.05, 4.69) is 9.97 Å². The lowest BCUT2D eigenvalue weighted by Crippen LogP contribution is -2.17. The van der Waals surface area contributed by atoms with E-state index < -0.39 is 26.8 Å². The predicted molar refractivity (Wildman–Crippen MR) is 66.2 cm³/mol.